The molecule has 1 atom stereocenters. The van der Waals surface area contributed by atoms with Crippen molar-refractivity contribution >= 4 is 31.8 Å². The fourth-order valence-electron chi connectivity index (χ4n) is 2.44. The van der Waals surface area contributed by atoms with E-state index >= 15 is 0 Å². The van der Waals surface area contributed by atoms with Gasteiger partial charge in [0, 0.05) is 6.54 Å². The molecule has 5 nitrogen and oxygen atoms in total. The molecular weight excluding hydrogens is 458 g/mol. The third-order valence-electron chi connectivity index (χ3n) is 4.02. The summed E-state index contributed by atoms with van der Waals surface area (Å²) in [4.78, 5) is 10.2. The van der Waals surface area contributed by atoms with E-state index in [1.807, 2.05) is 4.72 Å². The number of halogens is 6. The van der Waals surface area contributed by atoms with Gasteiger partial charge in [-0.25, -0.2) is 12.8 Å². The van der Waals surface area contributed by atoms with Crippen LogP contribution < -0.4 is 10.0 Å². The second-order valence-corrected chi connectivity index (χ2v) is 10.8. The van der Waals surface area contributed by atoms with E-state index in [1.165, 1.54) is 13.0 Å². The van der Waals surface area contributed by atoms with Crippen molar-refractivity contribution in [3.05, 3.63) is 59.4 Å². The van der Waals surface area contributed by atoms with E-state index in [1.54, 1.807) is 0 Å². The van der Waals surface area contributed by atoms with Gasteiger partial charge >= 0.3 is 10.2 Å². The summed E-state index contributed by atoms with van der Waals surface area (Å²) in [7, 11) is -13.5. The van der Waals surface area contributed by atoms with Crippen LogP contribution in [0.3, 0.4) is 0 Å². The molecule has 2 N–H and O–H groups in total. The standard InChI is InChI=1S/C17H18F6N2O3S2/c1-11(13-5-8-16(15(18)9-13)25-29(2,27)28)17(26)24-10-12-3-6-14(7-4-12)30(19,20,21,22)23/h3-9,11,25H,10H2,1-2H3,(H,24,26). The Hall–Kier alpha value is -2.41. The predicted octanol–water partition coefficient (Wildman–Crippen LogP) is 5.27. The first-order valence-corrected chi connectivity index (χ1v) is 12.1. The minimum Gasteiger partial charge on any atom is -0.352 e. The van der Waals surface area contributed by atoms with E-state index < -0.39 is 42.8 Å². The molecule has 0 aliphatic heterocycles. The number of hydrogen-bond donors (Lipinski definition) is 2. The third kappa shape index (κ3) is 6.55. The zero-order valence-corrected chi connectivity index (χ0v) is 17.3. The van der Waals surface area contributed by atoms with Gasteiger partial charge in [-0.2, -0.15) is 0 Å². The summed E-state index contributed by atoms with van der Waals surface area (Å²) in [5.74, 6) is -2.38. The number of rotatable bonds is 7. The van der Waals surface area contributed by atoms with Crippen molar-refractivity contribution in [2.45, 2.75) is 24.3 Å². The maximum absolute atomic E-state index is 14.0. The van der Waals surface area contributed by atoms with Gasteiger partial charge in [-0.1, -0.05) is 37.6 Å². The van der Waals surface area contributed by atoms with Crippen LogP contribution in [0.1, 0.15) is 24.0 Å². The van der Waals surface area contributed by atoms with Gasteiger partial charge < -0.3 is 5.32 Å². The van der Waals surface area contributed by atoms with Crippen LogP contribution in [-0.4, -0.2) is 20.6 Å². The molecule has 1 unspecified atom stereocenters. The molecule has 0 radical (unpaired) electrons. The summed E-state index contributed by atoms with van der Waals surface area (Å²) in [6.45, 7) is 1.20. The number of benzene rings is 2. The molecule has 0 bridgehead atoms. The number of hydrogen-bond acceptors (Lipinski definition) is 3. The number of anilines is 1. The van der Waals surface area contributed by atoms with E-state index in [9.17, 15) is 37.0 Å². The van der Waals surface area contributed by atoms with E-state index in [0.717, 1.165) is 30.5 Å². The molecule has 0 heterocycles. The molecule has 2 rings (SSSR count). The van der Waals surface area contributed by atoms with Crippen LogP contribution >= 0.6 is 10.2 Å². The number of sulfonamides is 1. The zero-order valence-electron chi connectivity index (χ0n) is 15.6. The molecular formula is C17H18F6N2O3S2. The van der Waals surface area contributed by atoms with Crippen molar-refractivity contribution in [2.75, 3.05) is 11.0 Å². The first kappa shape index (κ1) is 23.9. The summed E-state index contributed by atoms with van der Waals surface area (Å²) < 4.78 is 102. The van der Waals surface area contributed by atoms with E-state index in [4.69, 9.17) is 0 Å². The number of carbonyl (C=O) groups is 1. The Morgan fingerprint density at radius 2 is 1.60 bits per heavy atom. The van der Waals surface area contributed by atoms with E-state index in [2.05, 4.69) is 5.32 Å². The number of carbonyl (C=O) groups excluding carboxylic acids is 1. The lowest BCUT2D eigenvalue weighted by molar-refractivity contribution is -0.122. The van der Waals surface area contributed by atoms with Crippen molar-refractivity contribution in [2.24, 2.45) is 0 Å². The smallest absolute Gasteiger partial charge is 0.310 e. The summed E-state index contributed by atoms with van der Waals surface area (Å²) in [5.41, 5.74) is 0.0817. The molecule has 0 aliphatic rings. The van der Waals surface area contributed by atoms with Gasteiger partial charge in [0.1, 0.15) is 10.7 Å². The Morgan fingerprint density at radius 1 is 1.03 bits per heavy atom. The second kappa shape index (κ2) is 7.08. The largest absolute Gasteiger partial charge is 0.352 e. The Kier molecular flexibility index (Phi) is 5.63. The summed E-state index contributed by atoms with van der Waals surface area (Å²) >= 11 is 0. The van der Waals surface area contributed by atoms with Gasteiger partial charge in [-0.15, -0.1) is 0 Å². The highest BCUT2D eigenvalue weighted by molar-refractivity contribution is 8.45. The molecule has 13 heteroatoms. The Labute approximate surface area is 169 Å². The first-order chi connectivity index (χ1) is 13.4. The highest BCUT2D eigenvalue weighted by Crippen LogP contribution is 3.02. The fourth-order valence-corrected chi connectivity index (χ4v) is 3.66. The molecule has 2 aromatic rings. The zero-order chi connectivity index (χ0) is 23.0. The predicted molar refractivity (Wildman–Crippen MR) is 103 cm³/mol. The normalized spacial score (nSPS) is 15.6. The average Bonchev–Trinajstić information content (AvgIpc) is 2.58. The molecule has 168 valence electrons. The SMILES string of the molecule is CC(C(=O)NCc1ccc(S(F)(F)(F)(F)F)cc1)c1ccc(NS(C)(=O)=O)c(F)c1. The Bertz CT molecular complexity index is 1070. The number of amides is 1. The second-order valence-electron chi connectivity index (χ2n) is 6.67. The van der Waals surface area contributed by atoms with Crippen molar-refractivity contribution in [3.8, 4) is 0 Å². The fraction of sp³-hybridized carbons (Fsp3) is 0.235. The molecule has 0 spiro atoms. The van der Waals surface area contributed by atoms with Crippen LogP contribution in [-0.2, 0) is 21.4 Å². The minimum absolute atomic E-state index is 0.153. The van der Waals surface area contributed by atoms with Gasteiger partial charge in [0.2, 0.25) is 15.9 Å². The van der Waals surface area contributed by atoms with Crippen LogP contribution in [0.25, 0.3) is 0 Å². The lowest BCUT2D eigenvalue weighted by atomic mass is 9.99. The molecule has 0 aromatic heterocycles. The van der Waals surface area contributed by atoms with Crippen molar-refractivity contribution in [1.29, 1.82) is 0 Å². The van der Waals surface area contributed by atoms with Gasteiger partial charge in [0.25, 0.3) is 0 Å². The summed E-state index contributed by atoms with van der Waals surface area (Å²) in [6, 6.07) is 5.59. The Balaban J connectivity index is 2.06. The molecule has 0 aliphatic carbocycles. The third-order valence-corrected chi connectivity index (χ3v) is 5.77. The van der Waals surface area contributed by atoms with Crippen LogP contribution in [0.2, 0.25) is 0 Å². The highest BCUT2D eigenvalue weighted by Gasteiger charge is 2.65. The van der Waals surface area contributed by atoms with Crippen LogP contribution in [0.15, 0.2) is 47.4 Å². The highest BCUT2D eigenvalue weighted by atomic mass is 32.5. The summed E-state index contributed by atoms with van der Waals surface area (Å²) in [6.07, 6.45) is 0.848. The number of nitrogens with one attached hydrogen (secondary N) is 2. The van der Waals surface area contributed by atoms with Gasteiger partial charge in [-0.05, 0) is 42.3 Å². The van der Waals surface area contributed by atoms with Gasteiger partial charge in [0.05, 0.1) is 17.9 Å². The van der Waals surface area contributed by atoms with E-state index in [-0.39, 0.29) is 35.5 Å². The maximum Gasteiger partial charge on any atom is 0.310 e. The van der Waals surface area contributed by atoms with Crippen LogP contribution in [0.5, 0.6) is 0 Å². The topological polar surface area (TPSA) is 75.3 Å². The molecule has 0 saturated carbocycles. The molecule has 0 fully saturated rings. The van der Waals surface area contributed by atoms with Crippen molar-refractivity contribution < 1.29 is 37.0 Å². The quantitative estimate of drug-likeness (QED) is 0.535. The molecule has 1 amide bonds. The maximum atomic E-state index is 14.0. The first-order valence-electron chi connectivity index (χ1n) is 8.24. The average molecular weight is 476 g/mol. The molecule has 0 saturated heterocycles. The van der Waals surface area contributed by atoms with E-state index in [0.29, 0.717) is 0 Å². The van der Waals surface area contributed by atoms with Crippen molar-refractivity contribution in [3.63, 3.8) is 0 Å². The molecule has 30 heavy (non-hydrogen) atoms. The van der Waals surface area contributed by atoms with Crippen molar-refractivity contribution in [1.82, 2.24) is 5.32 Å². The molecule has 2 aromatic carbocycles. The monoisotopic (exact) mass is 476 g/mol. The van der Waals surface area contributed by atoms with Crippen LogP contribution in [0.4, 0.5) is 29.5 Å². The van der Waals surface area contributed by atoms with Crippen LogP contribution in [0, 0.1) is 5.82 Å². The lowest BCUT2D eigenvalue weighted by Gasteiger charge is -2.40. The Morgan fingerprint density at radius 3 is 2.07 bits per heavy atom. The summed E-state index contributed by atoms with van der Waals surface area (Å²) in [5, 5.41) is 2.41. The minimum atomic E-state index is -9.76. The van der Waals surface area contributed by atoms with Gasteiger partial charge in [-0.3, -0.25) is 9.52 Å². The van der Waals surface area contributed by atoms with Gasteiger partial charge in [0.15, 0.2) is 0 Å². The lowest BCUT2D eigenvalue weighted by Crippen LogP contribution is -2.27.